The van der Waals surface area contributed by atoms with Gasteiger partial charge >= 0.3 is 0 Å². The van der Waals surface area contributed by atoms with E-state index in [1.165, 1.54) is 6.07 Å². The minimum absolute atomic E-state index is 0.282. The smallest absolute Gasteiger partial charge is 0.165 e. The first-order valence-corrected chi connectivity index (χ1v) is 4.11. The highest BCUT2D eigenvalue weighted by Crippen LogP contribution is 2.29. The number of benzene rings is 1. The third kappa shape index (κ3) is 1.07. The van der Waals surface area contributed by atoms with Crippen LogP contribution in [-0.4, -0.2) is 6.61 Å². The van der Waals surface area contributed by atoms with E-state index in [-0.39, 0.29) is 5.82 Å². The van der Waals surface area contributed by atoms with Crippen molar-refractivity contribution < 1.29 is 9.13 Å². The molecule has 0 saturated heterocycles. The van der Waals surface area contributed by atoms with Crippen molar-refractivity contribution in [1.82, 2.24) is 0 Å². The highest BCUT2D eigenvalue weighted by atomic mass is 19.1. The molecule has 12 heavy (non-hydrogen) atoms. The van der Waals surface area contributed by atoms with Crippen molar-refractivity contribution in [1.29, 1.82) is 0 Å². The first-order valence-electron chi connectivity index (χ1n) is 4.11. The van der Waals surface area contributed by atoms with Crippen molar-refractivity contribution in [3.63, 3.8) is 0 Å². The van der Waals surface area contributed by atoms with Gasteiger partial charge in [0.1, 0.15) is 0 Å². The summed E-state index contributed by atoms with van der Waals surface area (Å²) in [4.78, 5) is 0. The van der Waals surface area contributed by atoms with Crippen LogP contribution in [0.2, 0.25) is 0 Å². The summed E-state index contributed by atoms with van der Waals surface area (Å²) in [5.74, 6) is 0.160. The van der Waals surface area contributed by atoms with E-state index in [0.29, 0.717) is 12.4 Å². The predicted octanol–water partition coefficient (Wildman–Crippen LogP) is 2.26. The topological polar surface area (TPSA) is 9.23 Å². The zero-order chi connectivity index (χ0) is 8.55. The van der Waals surface area contributed by atoms with Crippen LogP contribution in [0.4, 0.5) is 4.39 Å². The molecule has 2 heteroatoms. The average molecular weight is 165 g/mol. The Bertz CT molecular complexity index is 276. The molecular formula is C10H10FO. The summed E-state index contributed by atoms with van der Waals surface area (Å²) in [6, 6.07) is 4.22. The highest BCUT2D eigenvalue weighted by molar-refractivity contribution is 5.41. The highest BCUT2D eigenvalue weighted by Gasteiger charge is 2.16. The molecule has 1 heterocycles. The minimum atomic E-state index is -0.282. The van der Waals surface area contributed by atoms with Crippen molar-refractivity contribution >= 4 is 0 Å². The molecule has 0 bridgehead atoms. The first kappa shape index (κ1) is 7.59. The minimum Gasteiger partial charge on any atom is -0.490 e. The van der Waals surface area contributed by atoms with Gasteiger partial charge in [0.25, 0.3) is 0 Å². The summed E-state index contributed by atoms with van der Waals surface area (Å²) < 4.78 is 18.3. The second kappa shape index (κ2) is 2.77. The van der Waals surface area contributed by atoms with E-state index in [1.807, 2.05) is 6.92 Å². The third-order valence-electron chi connectivity index (χ3n) is 2.18. The van der Waals surface area contributed by atoms with Gasteiger partial charge < -0.3 is 4.74 Å². The van der Waals surface area contributed by atoms with Crippen LogP contribution in [0.5, 0.6) is 5.75 Å². The Morgan fingerprint density at radius 2 is 2.42 bits per heavy atom. The van der Waals surface area contributed by atoms with Gasteiger partial charge in [-0.15, -0.1) is 0 Å². The number of rotatable bonds is 0. The first-order chi connectivity index (χ1) is 5.79. The maximum absolute atomic E-state index is 13.1. The molecule has 2 rings (SSSR count). The van der Waals surface area contributed by atoms with Gasteiger partial charge in [-0.05, 0) is 37.5 Å². The fraction of sp³-hybridized carbons (Fsp3) is 0.400. The second-order valence-electron chi connectivity index (χ2n) is 3.02. The van der Waals surface area contributed by atoms with Crippen molar-refractivity contribution in [2.45, 2.75) is 19.8 Å². The number of fused-ring (bicyclic) bond motifs is 1. The molecule has 0 fully saturated rings. The van der Waals surface area contributed by atoms with Crippen molar-refractivity contribution in [2.75, 3.05) is 6.61 Å². The van der Waals surface area contributed by atoms with E-state index in [0.717, 1.165) is 24.0 Å². The van der Waals surface area contributed by atoms with E-state index in [4.69, 9.17) is 4.74 Å². The maximum atomic E-state index is 13.1. The van der Waals surface area contributed by atoms with Crippen LogP contribution in [0.15, 0.2) is 6.07 Å². The van der Waals surface area contributed by atoms with E-state index < -0.39 is 0 Å². The van der Waals surface area contributed by atoms with Crippen LogP contribution in [-0.2, 0) is 6.42 Å². The molecule has 1 nitrogen and oxygen atoms in total. The van der Waals surface area contributed by atoms with E-state index in [9.17, 15) is 4.39 Å². The van der Waals surface area contributed by atoms with Crippen LogP contribution in [0.1, 0.15) is 17.5 Å². The molecule has 1 aliphatic heterocycles. The van der Waals surface area contributed by atoms with E-state index in [2.05, 4.69) is 6.07 Å². The zero-order valence-corrected chi connectivity index (χ0v) is 6.98. The Labute approximate surface area is 71.2 Å². The fourth-order valence-electron chi connectivity index (χ4n) is 1.52. The quantitative estimate of drug-likeness (QED) is 0.573. The molecule has 1 aromatic carbocycles. The molecule has 1 radical (unpaired) electrons. The van der Waals surface area contributed by atoms with E-state index >= 15 is 0 Å². The summed E-state index contributed by atoms with van der Waals surface area (Å²) >= 11 is 0. The third-order valence-corrected chi connectivity index (χ3v) is 2.18. The Hall–Kier alpha value is -1.05. The number of halogens is 1. The van der Waals surface area contributed by atoms with E-state index in [1.54, 1.807) is 0 Å². The van der Waals surface area contributed by atoms with Gasteiger partial charge in [-0.25, -0.2) is 4.39 Å². The van der Waals surface area contributed by atoms with Gasteiger partial charge in [0.15, 0.2) is 11.6 Å². The molecule has 0 aliphatic carbocycles. The molecule has 0 amide bonds. The summed E-state index contributed by atoms with van der Waals surface area (Å²) in [7, 11) is 0. The lowest BCUT2D eigenvalue weighted by atomic mass is 10.0. The Morgan fingerprint density at radius 3 is 3.17 bits per heavy atom. The normalized spacial score (nSPS) is 15.2. The standard InChI is InChI=1S/C10H10FO/c1-7-4-5-9(11)10-8(7)3-2-6-12-10/h5H,2-3,6H2,1H3. The van der Waals surface area contributed by atoms with Crippen molar-refractivity contribution in [3.05, 3.63) is 29.1 Å². The molecule has 0 saturated carbocycles. The van der Waals surface area contributed by atoms with Crippen molar-refractivity contribution in [3.8, 4) is 5.75 Å². The molecule has 1 aliphatic rings. The lowest BCUT2D eigenvalue weighted by Crippen LogP contribution is -2.11. The average Bonchev–Trinajstić information content (AvgIpc) is 2.12. The van der Waals surface area contributed by atoms with Crippen LogP contribution in [0.3, 0.4) is 0 Å². The zero-order valence-electron chi connectivity index (χ0n) is 6.98. The molecule has 1 aromatic rings. The molecule has 0 N–H and O–H groups in total. The van der Waals surface area contributed by atoms with Gasteiger partial charge in [0.05, 0.1) is 6.61 Å². The number of hydrogen-bond donors (Lipinski definition) is 0. The fourth-order valence-corrected chi connectivity index (χ4v) is 1.52. The molecule has 0 atom stereocenters. The van der Waals surface area contributed by atoms with Gasteiger partial charge in [0, 0.05) is 5.56 Å². The summed E-state index contributed by atoms with van der Waals surface area (Å²) in [6.07, 6.45) is 1.89. The maximum Gasteiger partial charge on any atom is 0.165 e. The number of hydrogen-bond acceptors (Lipinski definition) is 1. The molecule has 0 unspecified atom stereocenters. The van der Waals surface area contributed by atoms with Gasteiger partial charge in [-0.1, -0.05) is 0 Å². The summed E-state index contributed by atoms with van der Waals surface area (Å²) in [5.41, 5.74) is 1.99. The summed E-state index contributed by atoms with van der Waals surface area (Å²) in [6.45, 7) is 2.57. The van der Waals surface area contributed by atoms with Crippen LogP contribution in [0.25, 0.3) is 0 Å². The number of aryl methyl sites for hydroxylation is 1. The SMILES string of the molecule is Cc1[c]cc(F)c2c1CCCO2. The van der Waals surface area contributed by atoms with Gasteiger partial charge in [-0.2, -0.15) is 0 Å². The molecule has 63 valence electrons. The monoisotopic (exact) mass is 165 g/mol. The van der Waals surface area contributed by atoms with Gasteiger partial charge in [-0.3, -0.25) is 0 Å². The van der Waals surface area contributed by atoms with Crippen LogP contribution in [0, 0.1) is 18.8 Å². The van der Waals surface area contributed by atoms with Crippen LogP contribution >= 0.6 is 0 Å². The largest absolute Gasteiger partial charge is 0.490 e. The predicted molar refractivity (Wildman–Crippen MR) is 43.8 cm³/mol. The van der Waals surface area contributed by atoms with Crippen molar-refractivity contribution in [2.24, 2.45) is 0 Å². The molecule has 0 spiro atoms. The molecule has 0 aromatic heterocycles. The van der Waals surface area contributed by atoms with Crippen LogP contribution < -0.4 is 4.74 Å². The lowest BCUT2D eigenvalue weighted by Gasteiger charge is -2.18. The Balaban J connectivity index is 2.57. The Morgan fingerprint density at radius 1 is 1.58 bits per heavy atom. The summed E-state index contributed by atoms with van der Waals surface area (Å²) in [5, 5.41) is 0. The lowest BCUT2D eigenvalue weighted by molar-refractivity contribution is 0.272. The second-order valence-corrected chi connectivity index (χ2v) is 3.02. The number of ether oxygens (including phenoxy) is 1. The molecular weight excluding hydrogens is 155 g/mol. The Kier molecular flexibility index (Phi) is 1.75. The van der Waals surface area contributed by atoms with Gasteiger partial charge in [0.2, 0.25) is 0 Å².